The Bertz CT molecular complexity index is 270. The van der Waals surface area contributed by atoms with E-state index in [2.05, 4.69) is 31.1 Å². The molecule has 0 aliphatic heterocycles. The molecule has 1 rings (SSSR count). The molecule has 0 aliphatic rings. The van der Waals surface area contributed by atoms with E-state index in [1.54, 1.807) is 0 Å². The molecule has 5 nitrogen and oxygen atoms in total. The molecule has 1 aromatic rings. The Hall–Kier alpha value is -1.17. The number of aromatic nitrogens is 2. The van der Waals surface area contributed by atoms with Crippen LogP contribution in [0.3, 0.4) is 0 Å². The summed E-state index contributed by atoms with van der Waals surface area (Å²) in [5, 5.41) is 11.0. The molecule has 0 amide bonds. The van der Waals surface area contributed by atoms with Gasteiger partial charge in [0.25, 0.3) is 0 Å². The Morgan fingerprint density at radius 3 is 2.55 bits per heavy atom. The molecule has 0 atom stereocenters. The predicted octanol–water partition coefficient (Wildman–Crippen LogP) is 0.334. The SMILES string of the molecule is NC(=NO)c1ncc(Br)cn1. The molecule has 0 aliphatic carbocycles. The largest absolute Gasteiger partial charge is 0.409 e. The number of hydrogen-bond acceptors (Lipinski definition) is 4. The second-order valence-corrected chi connectivity index (χ2v) is 2.63. The average molecular weight is 217 g/mol. The van der Waals surface area contributed by atoms with Crippen molar-refractivity contribution >= 4 is 21.8 Å². The van der Waals surface area contributed by atoms with Gasteiger partial charge in [-0.3, -0.25) is 0 Å². The first-order valence-corrected chi connectivity index (χ1v) is 3.49. The lowest BCUT2D eigenvalue weighted by atomic mass is 10.5. The van der Waals surface area contributed by atoms with Crippen LogP contribution in [0.4, 0.5) is 0 Å². The van der Waals surface area contributed by atoms with Gasteiger partial charge in [0.2, 0.25) is 5.84 Å². The van der Waals surface area contributed by atoms with E-state index < -0.39 is 0 Å². The molecular weight excluding hydrogens is 212 g/mol. The third-order valence-corrected chi connectivity index (χ3v) is 1.37. The van der Waals surface area contributed by atoms with Gasteiger partial charge in [-0.15, -0.1) is 0 Å². The first kappa shape index (κ1) is 7.93. The fourth-order valence-electron chi connectivity index (χ4n) is 0.489. The van der Waals surface area contributed by atoms with Crippen molar-refractivity contribution < 1.29 is 5.21 Å². The van der Waals surface area contributed by atoms with Crippen molar-refractivity contribution in [2.75, 3.05) is 0 Å². The van der Waals surface area contributed by atoms with Gasteiger partial charge in [-0.2, -0.15) is 0 Å². The molecule has 0 aromatic carbocycles. The minimum Gasteiger partial charge on any atom is -0.409 e. The summed E-state index contributed by atoms with van der Waals surface area (Å²) in [5.74, 6) is 0.105. The zero-order chi connectivity index (χ0) is 8.27. The van der Waals surface area contributed by atoms with Crippen LogP contribution in [0, 0.1) is 0 Å². The van der Waals surface area contributed by atoms with Gasteiger partial charge in [0, 0.05) is 12.4 Å². The molecule has 0 fully saturated rings. The Labute approximate surface area is 71.1 Å². The summed E-state index contributed by atoms with van der Waals surface area (Å²) >= 11 is 3.15. The summed E-state index contributed by atoms with van der Waals surface area (Å²) in [6.07, 6.45) is 3.03. The highest BCUT2D eigenvalue weighted by Crippen LogP contribution is 2.03. The zero-order valence-corrected chi connectivity index (χ0v) is 6.98. The maximum absolute atomic E-state index is 8.23. The lowest BCUT2D eigenvalue weighted by molar-refractivity contribution is 0.318. The monoisotopic (exact) mass is 216 g/mol. The maximum atomic E-state index is 8.23. The molecule has 0 bridgehead atoms. The van der Waals surface area contributed by atoms with Crippen molar-refractivity contribution in [1.29, 1.82) is 0 Å². The molecule has 1 heterocycles. The summed E-state index contributed by atoms with van der Waals surface area (Å²) < 4.78 is 0.743. The molecule has 0 radical (unpaired) electrons. The van der Waals surface area contributed by atoms with Crippen LogP contribution in [0.2, 0.25) is 0 Å². The molecule has 3 N–H and O–H groups in total. The van der Waals surface area contributed by atoms with Crippen LogP contribution < -0.4 is 5.73 Å². The van der Waals surface area contributed by atoms with Crippen LogP contribution in [-0.2, 0) is 0 Å². The van der Waals surface area contributed by atoms with Gasteiger partial charge in [0.05, 0.1) is 4.47 Å². The quantitative estimate of drug-likeness (QED) is 0.307. The standard InChI is InChI=1S/C5H5BrN4O/c6-3-1-8-5(9-2-3)4(7)10-11/h1-2,11H,(H2,7,10). The second kappa shape index (κ2) is 3.29. The van der Waals surface area contributed by atoms with Crippen LogP contribution in [0.5, 0.6) is 0 Å². The second-order valence-electron chi connectivity index (χ2n) is 1.71. The highest BCUT2D eigenvalue weighted by Gasteiger charge is 2.00. The maximum Gasteiger partial charge on any atom is 0.207 e. The van der Waals surface area contributed by atoms with Gasteiger partial charge >= 0.3 is 0 Å². The average Bonchev–Trinajstić information content (AvgIpc) is 2.05. The van der Waals surface area contributed by atoms with Gasteiger partial charge in [-0.1, -0.05) is 5.16 Å². The highest BCUT2D eigenvalue weighted by molar-refractivity contribution is 9.10. The third-order valence-electron chi connectivity index (χ3n) is 0.957. The van der Waals surface area contributed by atoms with Crippen LogP contribution in [0.1, 0.15) is 5.82 Å². The molecule has 0 saturated heterocycles. The Morgan fingerprint density at radius 2 is 2.09 bits per heavy atom. The van der Waals surface area contributed by atoms with Gasteiger partial charge in [-0.05, 0) is 15.9 Å². The molecule has 1 aromatic heterocycles. The predicted molar refractivity (Wildman–Crippen MR) is 42.2 cm³/mol. The third kappa shape index (κ3) is 1.87. The van der Waals surface area contributed by atoms with E-state index >= 15 is 0 Å². The number of nitrogens with zero attached hydrogens (tertiary/aromatic N) is 3. The summed E-state index contributed by atoms with van der Waals surface area (Å²) in [6.45, 7) is 0. The number of amidine groups is 1. The van der Waals surface area contributed by atoms with Crippen molar-refractivity contribution in [3.05, 3.63) is 22.7 Å². The summed E-state index contributed by atoms with van der Waals surface area (Å²) in [7, 11) is 0. The van der Waals surface area contributed by atoms with E-state index in [0.717, 1.165) is 4.47 Å². The highest BCUT2D eigenvalue weighted by atomic mass is 79.9. The minimum absolute atomic E-state index is 0.0995. The Kier molecular flexibility index (Phi) is 2.37. The lowest BCUT2D eigenvalue weighted by Crippen LogP contribution is -2.16. The summed E-state index contributed by atoms with van der Waals surface area (Å²) in [4.78, 5) is 7.55. The molecule has 6 heteroatoms. The fraction of sp³-hybridized carbons (Fsp3) is 0. The van der Waals surface area contributed by atoms with E-state index in [-0.39, 0.29) is 11.7 Å². The molecule has 0 unspecified atom stereocenters. The van der Waals surface area contributed by atoms with E-state index in [4.69, 9.17) is 10.9 Å². The fourth-order valence-corrected chi connectivity index (χ4v) is 0.694. The van der Waals surface area contributed by atoms with E-state index in [9.17, 15) is 0 Å². The number of hydrogen-bond donors (Lipinski definition) is 2. The number of oxime groups is 1. The Balaban J connectivity index is 2.99. The number of nitrogens with two attached hydrogens (primary N) is 1. The van der Waals surface area contributed by atoms with Crippen molar-refractivity contribution in [2.24, 2.45) is 10.9 Å². The van der Waals surface area contributed by atoms with Crippen LogP contribution >= 0.6 is 15.9 Å². The lowest BCUT2D eigenvalue weighted by Gasteiger charge is -1.94. The summed E-state index contributed by atoms with van der Waals surface area (Å²) in [6, 6.07) is 0. The van der Waals surface area contributed by atoms with Crippen molar-refractivity contribution in [2.45, 2.75) is 0 Å². The number of rotatable bonds is 1. The van der Waals surface area contributed by atoms with E-state index in [1.165, 1.54) is 12.4 Å². The molecule has 58 valence electrons. The van der Waals surface area contributed by atoms with Crippen molar-refractivity contribution in [1.82, 2.24) is 9.97 Å². The van der Waals surface area contributed by atoms with E-state index in [1.807, 2.05) is 0 Å². The number of halogens is 1. The van der Waals surface area contributed by atoms with Crippen molar-refractivity contribution in [3.63, 3.8) is 0 Å². The van der Waals surface area contributed by atoms with Gasteiger partial charge in [-0.25, -0.2) is 9.97 Å². The molecule has 0 saturated carbocycles. The van der Waals surface area contributed by atoms with Crippen LogP contribution in [-0.4, -0.2) is 21.0 Å². The van der Waals surface area contributed by atoms with Crippen molar-refractivity contribution in [3.8, 4) is 0 Å². The summed E-state index contributed by atoms with van der Waals surface area (Å²) in [5.41, 5.74) is 5.20. The van der Waals surface area contributed by atoms with Crippen LogP contribution in [0.25, 0.3) is 0 Å². The molecule has 11 heavy (non-hydrogen) atoms. The molecule has 0 spiro atoms. The van der Waals surface area contributed by atoms with Gasteiger partial charge < -0.3 is 10.9 Å². The van der Waals surface area contributed by atoms with Gasteiger partial charge in [0.15, 0.2) is 5.82 Å². The van der Waals surface area contributed by atoms with Gasteiger partial charge in [0.1, 0.15) is 0 Å². The smallest absolute Gasteiger partial charge is 0.207 e. The normalized spacial score (nSPS) is 11.5. The Morgan fingerprint density at radius 1 is 1.55 bits per heavy atom. The first-order valence-electron chi connectivity index (χ1n) is 2.69. The topological polar surface area (TPSA) is 84.4 Å². The first-order chi connectivity index (χ1) is 5.24. The minimum atomic E-state index is -0.0995. The van der Waals surface area contributed by atoms with E-state index in [0.29, 0.717) is 0 Å². The molecular formula is C5H5BrN4O. The zero-order valence-electron chi connectivity index (χ0n) is 5.40. The van der Waals surface area contributed by atoms with Crippen LogP contribution in [0.15, 0.2) is 22.0 Å².